The van der Waals surface area contributed by atoms with Crippen LogP contribution in [0, 0.1) is 0 Å². The first kappa shape index (κ1) is 12.7. The van der Waals surface area contributed by atoms with Crippen molar-refractivity contribution < 1.29 is 4.74 Å². The lowest BCUT2D eigenvalue weighted by atomic mass is 10.2. The quantitative estimate of drug-likeness (QED) is 0.753. The first-order valence-electron chi connectivity index (χ1n) is 4.94. The second-order valence-electron chi connectivity index (χ2n) is 3.14. The van der Waals surface area contributed by atoms with Crippen LogP contribution in [0.3, 0.4) is 0 Å². The summed E-state index contributed by atoms with van der Waals surface area (Å²) in [5.41, 5.74) is 0. The molecule has 1 aromatic heterocycles. The highest BCUT2D eigenvalue weighted by atomic mass is 35.5. The molecule has 0 spiro atoms. The van der Waals surface area contributed by atoms with Gasteiger partial charge in [-0.2, -0.15) is 4.37 Å². The maximum Gasteiger partial charge on any atom is 0.202 e. The molecule has 0 fully saturated rings. The number of aromatic nitrogens is 2. The number of nitrogens with one attached hydrogen (secondary N) is 1. The van der Waals surface area contributed by atoms with Crippen molar-refractivity contribution in [1.29, 1.82) is 0 Å². The number of nitrogens with zero attached hydrogens (tertiary/aromatic N) is 2. The van der Waals surface area contributed by atoms with Gasteiger partial charge in [0.25, 0.3) is 0 Å². The van der Waals surface area contributed by atoms with Gasteiger partial charge in [0.2, 0.25) is 5.13 Å². The number of hydrogen-bond acceptors (Lipinski definition) is 5. The van der Waals surface area contributed by atoms with Gasteiger partial charge in [0.1, 0.15) is 5.82 Å². The molecule has 1 unspecified atom stereocenters. The van der Waals surface area contributed by atoms with E-state index in [2.05, 4.69) is 14.7 Å². The third-order valence-corrected chi connectivity index (χ3v) is 2.84. The summed E-state index contributed by atoms with van der Waals surface area (Å²) in [5, 5.41) is 4.12. The molecule has 0 bridgehead atoms. The number of halogens is 1. The standard InChI is InChI=1S/C9H16ClN3OS/c1-3-8-12-9(15-13-8)11-7(4-5-10)6-14-2/h7H,3-6H2,1-2H3,(H,11,12,13). The van der Waals surface area contributed by atoms with Gasteiger partial charge in [-0.15, -0.1) is 11.6 Å². The summed E-state index contributed by atoms with van der Waals surface area (Å²) in [4.78, 5) is 4.33. The Labute approximate surface area is 99.2 Å². The van der Waals surface area contributed by atoms with Gasteiger partial charge >= 0.3 is 0 Å². The Hall–Kier alpha value is -0.390. The van der Waals surface area contributed by atoms with Crippen molar-refractivity contribution in [3.63, 3.8) is 0 Å². The lowest BCUT2D eigenvalue weighted by Gasteiger charge is -2.15. The van der Waals surface area contributed by atoms with Crippen molar-refractivity contribution in [2.24, 2.45) is 0 Å². The lowest BCUT2D eigenvalue weighted by molar-refractivity contribution is 0.184. The molecule has 0 saturated heterocycles. The molecule has 0 aliphatic carbocycles. The normalized spacial score (nSPS) is 12.7. The predicted molar refractivity (Wildman–Crippen MR) is 63.9 cm³/mol. The summed E-state index contributed by atoms with van der Waals surface area (Å²) in [5.74, 6) is 1.49. The molecular formula is C9H16ClN3OS. The van der Waals surface area contributed by atoms with Crippen LogP contribution in [0.2, 0.25) is 0 Å². The Balaban J connectivity index is 2.48. The van der Waals surface area contributed by atoms with E-state index >= 15 is 0 Å². The molecule has 1 aromatic rings. The van der Waals surface area contributed by atoms with Crippen molar-refractivity contribution in [2.45, 2.75) is 25.8 Å². The number of alkyl halides is 1. The van der Waals surface area contributed by atoms with Gasteiger partial charge in [0.15, 0.2) is 0 Å². The van der Waals surface area contributed by atoms with E-state index in [0.717, 1.165) is 23.8 Å². The number of hydrogen-bond donors (Lipinski definition) is 1. The van der Waals surface area contributed by atoms with Gasteiger partial charge in [-0.3, -0.25) is 0 Å². The first-order chi connectivity index (χ1) is 7.30. The minimum atomic E-state index is 0.213. The van der Waals surface area contributed by atoms with Crippen LogP contribution in [-0.2, 0) is 11.2 Å². The predicted octanol–water partition coefficient (Wildman–Crippen LogP) is 2.16. The van der Waals surface area contributed by atoms with Gasteiger partial charge in [-0.1, -0.05) is 6.92 Å². The monoisotopic (exact) mass is 249 g/mol. The fourth-order valence-corrected chi connectivity index (χ4v) is 2.15. The van der Waals surface area contributed by atoms with E-state index in [1.807, 2.05) is 6.92 Å². The lowest BCUT2D eigenvalue weighted by Crippen LogP contribution is -2.25. The summed E-state index contributed by atoms with van der Waals surface area (Å²) in [6, 6.07) is 0.213. The molecule has 4 nitrogen and oxygen atoms in total. The topological polar surface area (TPSA) is 47.0 Å². The van der Waals surface area contributed by atoms with Gasteiger partial charge in [0, 0.05) is 30.9 Å². The fourth-order valence-electron chi connectivity index (χ4n) is 1.16. The SMILES string of the molecule is CCc1nsc(NC(CCCl)COC)n1. The highest BCUT2D eigenvalue weighted by Crippen LogP contribution is 2.14. The maximum absolute atomic E-state index is 5.70. The molecular weight excluding hydrogens is 234 g/mol. The summed E-state index contributed by atoms with van der Waals surface area (Å²) >= 11 is 7.09. The van der Waals surface area contributed by atoms with E-state index in [4.69, 9.17) is 16.3 Å². The van der Waals surface area contributed by atoms with Crippen LogP contribution in [-0.4, -0.2) is 35.0 Å². The second-order valence-corrected chi connectivity index (χ2v) is 4.27. The summed E-state index contributed by atoms with van der Waals surface area (Å²) < 4.78 is 9.30. The maximum atomic E-state index is 5.70. The molecule has 1 N–H and O–H groups in total. The molecule has 0 aliphatic rings. The van der Waals surface area contributed by atoms with Crippen LogP contribution in [0.15, 0.2) is 0 Å². The molecule has 1 atom stereocenters. The molecule has 0 amide bonds. The minimum absolute atomic E-state index is 0.213. The van der Waals surface area contributed by atoms with Crippen LogP contribution in [0.5, 0.6) is 0 Å². The van der Waals surface area contributed by atoms with Gasteiger partial charge < -0.3 is 10.1 Å². The van der Waals surface area contributed by atoms with Crippen LogP contribution < -0.4 is 5.32 Å². The summed E-state index contributed by atoms with van der Waals surface area (Å²) in [6.45, 7) is 2.67. The molecule has 1 rings (SSSR count). The fraction of sp³-hybridized carbons (Fsp3) is 0.778. The van der Waals surface area contributed by atoms with E-state index in [1.165, 1.54) is 11.5 Å². The molecule has 86 valence electrons. The van der Waals surface area contributed by atoms with E-state index in [0.29, 0.717) is 12.5 Å². The summed E-state index contributed by atoms with van der Waals surface area (Å²) in [7, 11) is 1.68. The molecule has 0 aliphatic heterocycles. The van der Waals surface area contributed by atoms with E-state index in [9.17, 15) is 0 Å². The molecule has 0 radical (unpaired) electrons. The number of methoxy groups -OCH3 is 1. The second kappa shape index (κ2) is 6.98. The van der Waals surface area contributed by atoms with Crippen LogP contribution in [0.1, 0.15) is 19.2 Å². The number of anilines is 1. The number of aryl methyl sites for hydroxylation is 1. The first-order valence-corrected chi connectivity index (χ1v) is 6.25. The third kappa shape index (κ3) is 4.32. The van der Waals surface area contributed by atoms with Crippen LogP contribution in [0.25, 0.3) is 0 Å². The average molecular weight is 250 g/mol. The van der Waals surface area contributed by atoms with Crippen molar-refractivity contribution in [3.8, 4) is 0 Å². The van der Waals surface area contributed by atoms with E-state index in [1.54, 1.807) is 7.11 Å². The van der Waals surface area contributed by atoms with Gasteiger partial charge in [-0.25, -0.2) is 4.98 Å². The smallest absolute Gasteiger partial charge is 0.202 e. The zero-order chi connectivity index (χ0) is 11.1. The van der Waals surface area contributed by atoms with Gasteiger partial charge in [-0.05, 0) is 6.42 Å². The third-order valence-electron chi connectivity index (χ3n) is 1.94. The molecule has 6 heteroatoms. The Morgan fingerprint density at radius 3 is 2.93 bits per heavy atom. The minimum Gasteiger partial charge on any atom is -0.383 e. The van der Waals surface area contributed by atoms with Crippen molar-refractivity contribution in [1.82, 2.24) is 9.36 Å². The summed E-state index contributed by atoms with van der Waals surface area (Å²) in [6.07, 6.45) is 1.72. The Morgan fingerprint density at radius 1 is 1.60 bits per heavy atom. The van der Waals surface area contributed by atoms with Crippen molar-refractivity contribution >= 4 is 28.3 Å². The largest absolute Gasteiger partial charge is 0.383 e. The molecule has 0 aromatic carbocycles. The average Bonchev–Trinajstić information content (AvgIpc) is 2.66. The highest BCUT2D eigenvalue weighted by Gasteiger charge is 2.10. The number of ether oxygens (including phenoxy) is 1. The van der Waals surface area contributed by atoms with E-state index < -0.39 is 0 Å². The van der Waals surface area contributed by atoms with Crippen LogP contribution in [0.4, 0.5) is 5.13 Å². The van der Waals surface area contributed by atoms with Gasteiger partial charge in [0.05, 0.1) is 12.6 Å². The zero-order valence-electron chi connectivity index (χ0n) is 8.99. The van der Waals surface area contributed by atoms with Crippen LogP contribution >= 0.6 is 23.1 Å². The Bertz CT molecular complexity index is 276. The number of rotatable bonds is 7. The zero-order valence-corrected chi connectivity index (χ0v) is 10.6. The molecule has 15 heavy (non-hydrogen) atoms. The van der Waals surface area contributed by atoms with Crippen molar-refractivity contribution in [3.05, 3.63) is 5.82 Å². The van der Waals surface area contributed by atoms with Crippen molar-refractivity contribution in [2.75, 3.05) is 24.9 Å². The Morgan fingerprint density at radius 2 is 2.40 bits per heavy atom. The molecule has 1 heterocycles. The Kier molecular flexibility index (Phi) is 5.90. The molecule has 0 saturated carbocycles. The highest BCUT2D eigenvalue weighted by molar-refractivity contribution is 7.09. The van der Waals surface area contributed by atoms with E-state index in [-0.39, 0.29) is 6.04 Å².